The van der Waals surface area contributed by atoms with E-state index in [1.165, 1.54) is 24.8 Å². The molecular weight excluding hydrogens is 300 g/mol. The number of carbonyl (C=O) groups is 1. The van der Waals surface area contributed by atoms with Gasteiger partial charge in [0.2, 0.25) is 5.91 Å². The average molecular weight is 330 g/mol. The van der Waals surface area contributed by atoms with Crippen molar-refractivity contribution in [2.45, 2.75) is 44.2 Å². The van der Waals surface area contributed by atoms with E-state index in [1.807, 2.05) is 11.9 Å². The molecular formula is C19H30N4O. The molecule has 1 amide bonds. The van der Waals surface area contributed by atoms with Crippen LogP contribution in [0.5, 0.6) is 0 Å². The second-order valence-corrected chi connectivity index (χ2v) is 7.15. The van der Waals surface area contributed by atoms with Crippen LogP contribution in [-0.2, 0) is 4.79 Å². The minimum absolute atomic E-state index is 0.221. The van der Waals surface area contributed by atoms with E-state index < -0.39 is 0 Å². The number of hydrazine groups is 1. The van der Waals surface area contributed by atoms with E-state index in [1.54, 1.807) is 0 Å². The summed E-state index contributed by atoms with van der Waals surface area (Å²) in [5.74, 6) is 0.528. The zero-order chi connectivity index (χ0) is 16.8. The number of hydrogen-bond donors (Lipinski definition) is 3. The zero-order valence-electron chi connectivity index (χ0n) is 14.6. The third kappa shape index (κ3) is 4.56. The SMILES string of the molecule is CN(CCCCCC1CC(c2ccccc2)NN1)C(=O)C1CNC1. The number of nitrogens with zero attached hydrogens (tertiary/aromatic N) is 1. The van der Waals surface area contributed by atoms with Crippen LogP contribution in [0.25, 0.3) is 0 Å². The molecule has 1 aromatic carbocycles. The molecule has 0 aromatic heterocycles. The lowest BCUT2D eigenvalue weighted by Crippen LogP contribution is -2.51. The van der Waals surface area contributed by atoms with Crippen LogP contribution in [0.2, 0.25) is 0 Å². The third-order valence-corrected chi connectivity index (χ3v) is 5.24. The summed E-state index contributed by atoms with van der Waals surface area (Å²) in [7, 11) is 1.94. The van der Waals surface area contributed by atoms with Crippen LogP contribution >= 0.6 is 0 Å². The van der Waals surface area contributed by atoms with Gasteiger partial charge in [-0.05, 0) is 24.8 Å². The van der Waals surface area contributed by atoms with Gasteiger partial charge in [-0.15, -0.1) is 0 Å². The Morgan fingerprint density at radius 1 is 1.12 bits per heavy atom. The second kappa shape index (κ2) is 8.60. The molecule has 2 unspecified atom stereocenters. The summed E-state index contributed by atoms with van der Waals surface area (Å²) in [6.07, 6.45) is 5.85. The lowest BCUT2D eigenvalue weighted by Gasteiger charge is -2.30. The summed E-state index contributed by atoms with van der Waals surface area (Å²) in [5.41, 5.74) is 8.20. The fourth-order valence-corrected chi connectivity index (χ4v) is 3.52. The molecule has 2 heterocycles. The molecule has 0 radical (unpaired) electrons. The van der Waals surface area contributed by atoms with Crippen molar-refractivity contribution in [2.75, 3.05) is 26.7 Å². The highest BCUT2D eigenvalue weighted by molar-refractivity contribution is 5.79. The van der Waals surface area contributed by atoms with Crippen LogP contribution < -0.4 is 16.2 Å². The Hall–Kier alpha value is -1.43. The minimum Gasteiger partial charge on any atom is -0.345 e. The van der Waals surface area contributed by atoms with Crippen molar-refractivity contribution in [1.29, 1.82) is 0 Å². The molecule has 0 aliphatic carbocycles. The predicted molar refractivity (Wildman–Crippen MR) is 96.3 cm³/mol. The lowest BCUT2D eigenvalue weighted by molar-refractivity contribution is -0.135. The number of unbranched alkanes of at least 4 members (excludes halogenated alkanes) is 2. The quantitative estimate of drug-likeness (QED) is 0.637. The largest absolute Gasteiger partial charge is 0.345 e. The van der Waals surface area contributed by atoms with Crippen LogP contribution in [0.3, 0.4) is 0 Å². The van der Waals surface area contributed by atoms with Crippen molar-refractivity contribution < 1.29 is 4.79 Å². The molecule has 3 rings (SSSR count). The standard InChI is InChI=1S/C19H30N4O/c1-23(19(24)16-13-20-14-16)11-7-3-6-10-17-12-18(22-21-17)15-8-4-2-5-9-15/h2,4-5,8-9,16-18,20-22H,3,6-7,10-14H2,1H3. The first-order valence-electron chi connectivity index (χ1n) is 9.25. The van der Waals surface area contributed by atoms with Crippen LogP contribution in [0.1, 0.15) is 43.7 Å². The molecule has 0 saturated carbocycles. The van der Waals surface area contributed by atoms with Gasteiger partial charge in [-0.1, -0.05) is 43.2 Å². The van der Waals surface area contributed by atoms with Gasteiger partial charge in [0, 0.05) is 38.8 Å². The van der Waals surface area contributed by atoms with Crippen molar-refractivity contribution >= 4 is 5.91 Å². The zero-order valence-corrected chi connectivity index (χ0v) is 14.6. The van der Waals surface area contributed by atoms with E-state index >= 15 is 0 Å². The van der Waals surface area contributed by atoms with Gasteiger partial charge < -0.3 is 10.2 Å². The smallest absolute Gasteiger partial charge is 0.227 e. The van der Waals surface area contributed by atoms with Crippen LogP contribution in [0.4, 0.5) is 0 Å². The highest BCUT2D eigenvalue weighted by Gasteiger charge is 2.27. The Morgan fingerprint density at radius 3 is 2.62 bits per heavy atom. The topological polar surface area (TPSA) is 56.4 Å². The summed E-state index contributed by atoms with van der Waals surface area (Å²) >= 11 is 0. The Bertz CT molecular complexity index is 517. The van der Waals surface area contributed by atoms with Gasteiger partial charge in [-0.3, -0.25) is 15.6 Å². The van der Waals surface area contributed by atoms with Gasteiger partial charge in [-0.25, -0.2) is 0 Å². The highest BCUT2D eigenvalue weighted by Crippen LogP contribution is 2.24. The molecule has 2 atom stereocenters. The highest BCUT2D eigenvalue weighted by atomic mass is 16.2. The van der Waals surface area contributed by atoms with E-state index in [0.717, 1.165) is 32.5 Å². The summed E-state index contributed by atoms with van der Waals surface area (Å²) in [6, 6.07) is 11.6. The number of benzene rings is 1. The summed E-state index contributed by atoms with van der Waals surface area (Å²) in [5, 5.41) is 3.16. The van der Waals surface area contributed by atoms with Gasteiger partial charge >= 0.3 is 0 Å². The monoisotopic (exact) mass is 330 g/mol. The van der Waals surface area contributed by atoms with Gasteiger partial charge in [0.25, 0.3) is 0 Å². The molecule has 5 nitrogen and oxygen atoms in total. The Labute approximate surface area is 145 Å². The average Bonchev–Trinajstić information content (AvgIpc) is 3.02. The molecule has 2 saturated heterocycles. The molecule has 3 N–H and O–H groups in total. The Morgan fingerprint density at radius 2 is 1.92 bits per heavy atom. The molecule has 2 aliphatic heterocycles. The lowest BCUT2D eigenvalue weighted by atomic mass is 9.99. The van der Waals surface area contributed by atoms with Crippen LogP contribution in [0, 0.1) is 5.92 Å². The molecule has 0 bridgehead atoms. The first-order chi connectivity index (χ1) is 11.7. The van der Waals surface area contributed by atoms with Crippen molar-refractivity contribution in [3.05, 3.63) is 35.9 Å². The maximum atomic E-state index is 12.0. The normalized spacial score (nSPS) is 23.9. The summed E-state index contributed by atoms with van der Waals surface area (Å²) in [6.45, 7) is 2.59. The van der Waals surface area contributed by atoms with Crippen molar-refractivity contribution in [2.24, 2.45) is 5.92 Å². The summed E-state index contributed by atoms with van der Waals surface area (Å²) < 4.78 is 0. The Kier molecular flexibility index (Phi) is 6.24. The molecule has 2 aliphatic rings. The third-order valence-electron chi connectivity index (χ3n) is 5.24. The first-order valence-corrected chi connectivity index (χ1v) is 9.25. The van der Waals surface area contributed by atoms with Gasteiger partial charge in [0.15, 0.2) is 0 Å². The van der Waals surface area contributed by atoms with Gasteiger partial charge in [-0.2, -0.15) is 0 Å². The molecule has 1 aromatic rings. The number of carbonyl (C=O) groups excluding carboxylic acids is 1. The summed E-state index contributed by atoms with van der Waals surface area (Å²) in [4.78, 5) is 13.9. The second-order valence-electron chi connectivity index (χ2n) is 7.15. The van der Waals surface area contributed by atoms with E-state index in [0.29, 0.717) is 18.0 Å². The molecule has 2 fully saturated rings. The number of hydrogen-bond acceptors (Lipinski definition) is 4. The van der Waals surface area contributed by atoms with Crippen LogP contribution in [-0.4, -0.2) is 43.5 Å². The van der Waals surface area contributed by atoms with E-state index in [2.05, 4.69) is 46.5 Å². The number of rotatable bonds is 8. The van der Waals surface area contributed by atoms with E-state index in [4.69, 9.17) is 0 Å². The van der Waals surface area contributed by atoms with E-state index in [9.17, 15) is 4.79 Å². The minimum atomic E-state index is 0.221. The van der Waals surface area contributed by atoms with Crippen molar-refractivity contribution in [3.63, 3.8) is 0 Å². The van der Waals surface area contributed by atoms with Crippen LogP contribution in [0.15, 0.2) is 30.3 Å². The van der Waals surface area contributed by atoms with E-state index in [-0.39, 0.29) is 5.92 Å². The molecule has 132 valence electrons. The fourth-order valence-electron chi connectivity index (χ4n) is 3.52. The fraction of sp³-hybridized carbons (Fsp3) is 0.632. The molecule has 0 spiro atoms. The van der Waals surface area contributed by atoms with Gasteiger partial charge in [0.1, 0.15) is 0 Å². The number of nitrogens with one attached hydrogen (secondary N) is 3. The predicted octanol–water partition coefficient (Wildman–Crippen LogP) is 1.83. The number of amides is 1. The van der Waals surface area contributed by atoms with Crippen molar-refractivity contribution in [3.8, 4) is 0 Å². The maximum absolute atomic E-state index is 12.0. The molecule has 24 heavy (non-hydrogen) atoms. The molecule has 5 heteroatoms. The first kappa shape index (κ1) is 17.4. The Balaban J connectivity index is 1.27. The van der Waals surface area contributed by atoms with Crippen molar-refractivity contribution in [1.82, 2.24) is 21.1 Å². The maximum Gasteiger partial charge on any atom is 0.227 e. The van der Waals surface area contributed by atoms with Gasteiger partial charge in [0.05, 0.1) is 5.92 Å².